The maximum Gasteiger partial charge on any atom is 0.420 e. The van der Waals surface area contributed by atoms with E-state index in [4.69, 9.17) is 4.74 Å². The summed E-state index contributed by atoms with van der Waals surface area (Å²) in [5, 5.41) is 10.1. The number of halogens is 5. The third kappa shape index (κ3) is 5.74. The number of alkyl halides is 5. The van der Waals surface area contributed by atoms with E-state index >= 15 is 0 Å². The molecule has 0 aromatic heterocycles. The number of nitrogens with zero attached hydrogens (tertiary/aromatic N) is 1. The first-order valence-electron chi connectivity index (χ1n) is 14.0. The fraction of sp³-hybridized carbons (Fsp3) is 0.633. The predicted octanol–water partition coefficient (Wildman–Crippen LogP) is 8.23. The second-order valence-electron chi connectivity index (χ2n) is 11.8. The van der Waals surface area contributed by atoms with Crippen molar-refractivity contribution >= 4 is 16.7 Å². The van der Waals surface area contributed by atoms with Crippen molar-refractivity contribution in [3.05, 3.63) is 41.5 Å². The zero-order valence-electron chi connectivity index (χ0n) is 22.3. The van der Waals surface area contributed by atoms with E-state index in [1.165, 1.54) is 12.1 Å². The van der Waals surface area contributed by atoms with Crippen LogP contribution in [0.3, 0.4) is 0 Å². The van der Waals surface area contributed by atoms with Crippen LogP contribution in [0.5, 0.6) is 5.75 Å². The number of benzene rings is 2. The van der Waals surface area contributed by atoms with E-state index in [1.54, 1.807) is 18.2 Å². The van der Waals surface area contributed by atoms with Crippen LogP contribution in [0.15, 0.2) is 30.3 Å². The van der Waals surface area contributed by atoms with Crippen LogP contribution in [0.25, 0.3) is 10.8 Å². The second kappa shape index (κ2) is 10.5. The number of fused-ring (bicyclic) bond motifs is 3. The summed E-state index contributed by atoms with van der Waals surface area (Å²) in [6.45, 7) is 2.94. The van der Waals surface area contributed by atoms with Crippen LogP contribution in [0.4, 0.5) is 22.0 Å². The number of carboxylic acids is 1. The number of rotatable bonds is 6. The van der Waals surface area contributed by atoms with Crippen molar-refractivity contribution in [2.75, 3.05) is 0 Å². The molecular formula is C30H36F5NO3. The molecule has 0 amide bonds. The zero-order chi connectivity index (χ0) is 28.1. The Kier molecular flexibility index (Phi) is 7.59. The minimum Gasteiger partial charge on any atom is -0.490 e. The minimum atomic E-state index is -4.65. The van der Waals surface area contributed by atoms with Gasteiger partial charge in [0.1, 0.15) is 11.3 Å². The van der Waals surface area contributed by atoms with Gasteiger partial charge in [-0.3, -0.25) is 9.69 Å². The van der Waals surface area contributed by atoms with Gasteiger partial charge in [-0.2, -0.15) is 13.2 Å². The van der Waals surface area contributed by atoms with Gasteiger partial charge < -0.3 is 9.84 Å². The first kappa shape index (κ1) is 28.1. The predicted molar refractivity (Wildman–Crippen MR) is 138 cm³/mol. The van der Waals surface area contributed by atoms with Crippen molar-refractivity contribution in [2.24, 2.45) is 11.8 Å². The van der Waals surface area contributed by atoms with E-state index in [2.05, 4.69) is 4.90 Å². The van der Waals surface area contributed by atoms with Crippen molar-refractivity contribution in [1.82, 2.24) is 4.90 Å². The lowest BCUT2D eigenvalue weighted by molar-refractivity contribution is -0.147. The summed E-state index contributed by atoms with van der Waals surface area (Å²) in [5.41, 5.74) is 0.0649. The minimum absolute atomic E-state index is 0.0505. The molecule has 5 rings (SSSR count). The van der Waals surface area contributed by atoms with E-state index < -0.39 is 35.7 Å². The summed E-state index contributed by atoms with van der Waals surface area (Å²) in [6.07, 6.45) is -0.0539. The summed E-state index contributed by atoms with van der Waals surface area (Å²) in [5.74, 6) is -4.93. The average Bonchev–Trinajstić information content (AvgIpc) is 2.86. The lowest BCUT2D eigenvalue weighted by Crippen LogP contribution is -2.53. The van der Waals surface area contributed by atoms with E-state index in [1.807, 2.05) is 6.92 Å². The number of ether oxygens (including phenoxy) is 1. The Morgan fingerprint density at radius 2 is 1.62 bits per heavy atom. The molecule has 2 saturated heterocycles. The Balaban J connectivity index is 1.40. The smallest absolute Gasteiger partial charge is 0.420 e. The van der Waals surface area contributed by atoms with Crippen molar-refractivity contribution < 1.29 is 36.6 Å². The Morgan fingerprint density at radius 1 is 0.974 bits per heavy atom. The van der Waals surface area contributed by atoms with Gasteiger partial charge in [0.15, 0.2) is 0 Å². The van der Waals surface area contributed by atoms with Gasteiger partial charge in [-0.1, -0.05) is 24.6 Å². The van der Waals surface area contributed by atoms with Crippen molar-refractivity contribution in [1.29, 1.82) is 0 Å². The van der Waals surface area contributed by atoms with Crippen molar-refractivity contribution in [3.8, 4) is 5.75 Å². The van der Waals surface area contributed by atoms with Gasteiger partial charge in [0.25, 0.3) is 0 Å². The lowest BCUT2D eigenvalue weighted by Gasteiger charge is -2.51. The van der Waals surface area contributed by atoms with E-state index in [0.29, 0.717) is 31.1 Å². The molecule has 2 aromatic rings. The Labute approximate surface area is 225 Å². The first-order valence-corrected chi connectivity index (χ1v) is 14.0. The molecule has 3 fully saturated rings. The van der Waals surface area contributed by atoms with Crippen LogP contribution in [-0.4, -0.2) is 40.1 Å². The molecule has 1 N–H and O–H groups in total. The molecule has 3 unspecified atom stereocenters. The molecule has 9 heteroatoms. The van der Waals surface area contributed by atoms with Gasteiger partial charge in [0.05, 0.1) is 12.0 Å². The number of aliphatic carboxylic acids is 1. The molecule has 4 nitrogen and oxygen atoms in total. The molecule has 0 radical (unpaired) electrons. The third-order valence-corrected chi connectivity index (χ3v) is 9.28. The number of carbonyl (C=O) groups is 1. The van der Waals surface area contributed by atoms with Crippen molar-refractivity contribution in [2.45, 2.75) is 108 Å². The summed E-state index contributed by atoms with van der Waals surface area (Å²) in [4.78, 5) is 14.0. The topological polar surface area (TPSA) is 49.8 Å². The van der Waals surface area contributed by atoms with Gasteiger partial charge in [0, 0.05) is 24.0 Å². The van der Waals surface area contributed by atoms with E-state index in [-0.39, 0.29) is 48.0 Å². The number of carboxylic acid groups (broad SMARTS) is 1. The van der Waals surface area contributed by atoms with Crippen molar-refractivity contribution in [3.63, 3.8) is 0 Å². The van der Waals surface area contributed by atoms with Gasteiger partial charge in [-0.15, -0.1) is 0 Å². The molecule has 2 aliphatic heterocycles. The molecule has 1 aliphatic carbocycles. The number of hydrogen-bond acceptors (Lipinski definition) is 3. The first-order chi connectivity index (χ1) is 18.3. The quantitative estimate of drug-likeness (QED) is 0.366. The van der Waals surface area contributed by atoms with Crippen LogP contribution in [0.2, 0.25) is 0 Å². The molecule has 2 aromatic carbocycles. The molecule has 3 aliphatic rings. The van der Waals surface area contributed by atoms with Gasteiger partial charge in [-0.25, -0.2) is 8.78 Å². The van der Waals surface area contributed by atoms with Crippen LogP contribution in [-0.2, 0) is 11.0 Å². The average molecular weight is 554 g/mol. The van der Waals surface area contributed by atoms with Crippen LogP contribution < -0.4 is 4.74 Å². The summed E-state index contributed by atoms with van der Waals surface area (Å²) in [6, 6.07) is 8.27. The Bertz CT molecular complexity index is 1190. The molecule has 0 spiro atoms. The number of hydrogen-bond donors (Lipinski definition) is 1. The Morgan fingerprint density at radius 3 is 2.18 bits per heavy atom. The standard InChI is InChI=1S/C30H36F5NO3/c1-17(36-22-4-3-5-23(36)16-20(15-22)28(37)38)18-6-12-25-19(14-18)7-13-26(27(25)30(33,34)35)39-24-10-8-21(9-11-24)29(2,31)32/h6-7,12-14,17,20-24H,3-5,8-11,15-16H2,1-2H3,(H,37,38)/t17?,20?,21-,22?,23?,24+. The van der Waals surface area contributed by atoms with Gasteiger partial charge in [-0.05, 0) is 93.7 Å². The van der Waals surface area contributed by atoms with Crippen LogP contribution >= 0.6 is 0 Å². The van der Waals surface area contributed by atoms with Crippen LogP contribution in [0, 0.1) is 11.8 Å². The summed E-state index contributed by atoms with van der Waals surface area (Å²) >= 11 is 0. The lowest BCUT2D eigenvalue weighted by atomic mass is 9.77. The highest BCUT2D eigenvalue weighted by molar-refractivity contribution is 5.89. The fourth-order valence-electron chi connectivity index (χ4n) is 7.27. The summed E-state index contributed by atoms with van der Waals surface area (Å²) < 4.78 is 76.1. The highest BCUT2D eigenvalue weighted by atomic mass is 19.4. The molecule has 214 valence electrons. The highest BCUT2D eigenvalue weighted by Gasteiger charge is 2.43. The van der Waals surface area contributed by atoms with Gasteiger partial charge in [0.2, 0.25) is 5.92 Å². The molecule has 2 bridgehead atoms. The fourth-order valence-corrected chi connectivity index (χ4v) is 7.27. The monoisotopic (exact) mass is 553 g/mol. The molecule has 39 heavy (non-hydrogen) atoms. The maximum atomic E-state index is 14.3. The summed E-state index contributed by atoms with van der Waals surface area (Å²) in [7, 11) is 0. The molecule has 2 heterocycles. The SMILES string of the molecule is CC(c1ccc2c(C(F)(F)F)c(O[C@H]3CC[C@@H](C(C)(F)F)CC3)ccc2c1)N1C2CCCC1CC(C(=O)O)C2. The normalized spacial score (nSPS) is 29.3. The van der Waals surface area contributed by atoms with Gasteiger partial charge >= 0.3 is 12.1 Å². The second-order valence-corrected chi connectivity index (χ2v) is 11.8. The molecule has 3 atom stereocenters. The number of piperidine rings is 2. The van der Waals surface area contributed by atoms with E-state index in [0.717, 1.165) is 31.7 Å². The maximum absolute atomic E-state index is 14.3. The molecular weight excluding hydrogens is 517 g/mol. The molecule has 1 saturated carbocycles. The largest absolute Gasteiger partial charge is 0.490 e. The Hall–Kier alpha value is -2.42. The zero-order valence-corrected chi connectivity index (χ0v) is 22.3. The highest BCUT2D eigenvalue weighted by Crippen LogP contribution is 2.46. The van der Waals surface area contributed by atoms with E-state index in [9.17, 15) is 31.9 Å². The third-order valence-electron chi connectivity index (χ3n) is 9.28. The van der Waals surface area contributed by atoms with Crippen LogP contribution in [0.1, 0.15) is 88.8 Å².